The molecule has 1 aliphatic rings. The molecular formula is C15H18BrNO4. The van der Waals surface area contributed by atoms with Crippen LogP contribution in [0.15, 0.2) is 22.7 Å². The van der Waals surface area contributed by atoms with Crippen molar-refractivity contribution in [3.63, 3.8) is 0 Å². The van der Waals surface area contributed by atoms with Crippen LogP contribution < -0.4 is 0 Å². The third-order valence-corrected chi connectivity index (χ3v) is 3.71. The lowest BCUT2D eigenvalue weighted by Gasteiger charge is -2.41. The number of carbonyl (C=O) groups is 2. The van der Waals surface area contributed by atoms with Crippen LogP contribution >= 0.6 is 15.9 Å². The van der Waals surface area contributed by atoms with Crippen molar-refractivity contribution >= 4 is 27.8 Å². The fraction of sp³-hybridized carbons (Fsp3) is 0.467. The van der Waals surface area contributed by atoms with Crippen molar-refractivity contribution in [2.45, 2.75) is 32.5 Å². The molecule has 21 heavy (non-hydrogen) atoms. The number of halogens is 1. The predicted octanol–water partition coefficient (Wildman–Crippen LogP) is 2.79. The smallest absolute Gasteiger partial charge is 0.335 e. The molecule has 1 unspecified atom stereocenters. The molecule has 1 heterocycles. The van der Waals surface area contributed by atoms with Crippen LogP contribution in [0.5, 0.6) is 0 Å². The molecule has 1 N–H and O–H groups in total. The van der Waals surface area contributed by atoms with Crippen LogP contribution in [0.1, 0.15) is 41.5 Å². The van der Waals surface area contributed by atoms with Crippen molar-refractivity contribution in [1.82, 2.24) is 4.90 Å². The number of carboxylic acid groups (broad SMARTS) is 1. The molecule has 0 saturated carbocycles. The largest absolute Gasteiger partial charge is 0.478 e. The molecule has 2 rings (SSSR count). The third kappa shape index (κ3) is 3.83. The van der Waals surface area contributed by atoms with Gasteiger partial charge in [0.1, 0.15) is 0 Å². The predicted molar refractivity (Wildman–Crippen MR) is 81.6 cm³/mol. The molecule has 0 aliphatic carbocycles. The SMILES string of the molecule is CC1CN(C(=O)c2cc(Br)cc(C(=O)O)c2)CC(C)(C)O1. The second-order valence-electron chi connectivity index (χ2n) is 5.91. The molecular weight excluding hydrogens is 338 g/mol. The molecule has 1 fully saturated rings. The Balaban J connectivity index is 2.29. The van der Waals surface area contributed by atoms with E-state index in [-0.39, 0.29) is 17.6 Å². The minimum atomic E-state index is -1.05. The van der Waals surface area contributed by atoms with Gasteiger partial charge in [-0.1, -0.05) is 15.9 Å². The third-order valence-electron chi connectivity index (χ3n) is 3.25. The van der Waals surface area contributed by atoms with E-state index < -0.39 is 11.6 Å². The van der Waals surface area contributed by atoms with Crippen LogP contribution in [-0.2, 0) is 4.74 Å². The van der Waals surface area contributed by atoms with E-state index in [2.05, 4.69) is 15.9 Å². The summed E-state index contributed by atoms with van der Waals surface area (Å²) < 4.78 is 6.35. The second-order valence-corrected chi connectivity index (χ2v) is 6.82. The highest BCUT2D eigenvalue weighted by Gasteiger charge is 2.34. The first-order valence-electron chi connectivity index (χ1n) is 6.69. The van der Waals surface area contributed by atoms with Gasteiger partial charge in [-0.3, -0.25) is 4.79 Å². The topological polar surface area (TPSA) is 66.8 Å². The van der Waals surface area contributed by atoms with Gasteiger partial charge in [-0.2, -0.15) is 0 Å². The Morgan fingerprint density at radius 1 is 1.33 bits per heavy atom. The van der Waals surface area contributed by atoms with E-state index in [1.807, 2.05) is 20.8 Å². The van der Waals surface area contributed by atoms with Crippen LogP contribution in [0.4, 0.5) is 0 Å². The van der Waals surface area contributed by atoms with E-state index >= 15 is 0 Å². The standard InChI is InChI=1S/C15H18BrNO4/c1-9-7-17(8-15(2,3)21-9)13(18)10-4-11(14(19)20)6-12(16)5-10/h4-6,9H,7-8H2,1-3H3,(H,19,20). The highest BCUT2D eigenvalue weighted by Crippen LogP contribution is 2.24. The number of morpholine rings is 1. The van der Waals surface area contributed by atoms with E-state index in [0.29, 0.717) is 23.1 Å². The van der Waals surface area contributed by atoms with Crippen molar-refractivity contribution < 1.29 is 19.4 Å². The van der Waals surface area contributed by atoms with Crippen LogP contribution in [0.2, 0.25) is 0 Å². The Morgan fingerprint density at radius 3 is 2.52 bits per heavy atom. The van der Waals surface area contributed by atoms with E-state index in [4.69, 9.17) is 9.84 Å². The summed E-state index contributed by atoms with van der Waals surface area (Å²) >= 11 is 3.25. The maximum Gasteiger partial charge on any atom is 0.335 e. The average Bonchev–Trinajstić information content (AvgIpc) is 2.34. The Bertz CT molecular complexity index is 585. The van der Waals surface area contributed by atoms with Gasteiger partial charge >= 0.3 is 5.97 Å². The molecule has 5 nitrogen and oxygen atoms in total. The Morgan fingerprint density at radius 2 is 1.95 bits per heavy atom. The molecule has 0 spiro atoms. The normalized spacial score (nSPS) is 21.1. The van der Waals surface area contributed by atoms with Crippen molar-refractivity contribution in [3.8, 4) is 0 Å². The lowest BCUT2D eigenvalue weighted by molar-refractivity contribution is -0.118. The number of hydrogen-bond donors (Lipinski definition) is 1. The summed E-state index contributed by atoms with van der Waals surface area (Å²) in [6.45, 7) is 6.77. The Hall–Kier alpha value is -1.40. The molecule has 0 bridgehead atoms. The number of benzene rings is 1. The Kier molecular flexibility index (Phi) is 4.39. The van der Waals surface area contributed by atoms with Gasteiger partial charge in [0.25, 0.3) is 5.91 Å². The number of amides is 1. The van der Waals surface area contributed by atoms with Gasteiger partial charge in [-0.25, -0.2) is 4.79 Å². The second kappa shape index (κ2) is 5.77. The zero-order valence-electron chi connectivity index (χ0n) is 12.2. The molecule has 1 aliphatic heterocycles. The monoisotopic (exact) mass is 355 g/mol. The fourth-order valence-electron chi connectivity index (χ4n) is 2.63. The Labute approximate surface area is 132 Å². The maximum atomic E-state index is 12.6. The van der Waals surface area contributed by atoms with Gasteiger partial charge in [-0.05, 0) is 39.0 Å². The molecule has 0 aromatic heterocycles. The van der Waals surface area contributed by atoms with Gasteiger partial charge in [0.05, 0.1) is 17.3 Å². The lowest BCUT2D eigenvalue weighted by atomic mass is 10.0. The van der Waals surface area contributed by atoms with E-state index in [9.17, 15) is 9.59 Å². The summed E-state index contributed by atoms with van der Waals surface area (Å²) in [6.07, 6.45) is -0.0520. The quantitative estimate of drug-likeness (QED) is 0.885. The minimum Gasteiger partial charge on any atom is -0.478 e. The van der Waals surface area contributed by atoms with Crippen molar-refractivity contribution in [3.05, 3.63) is 33.8 Å². The first-order valence-corrected chi connectivity index (χ1v) is 7.48. The molecule has 1 amide bonds. The first-order chi connectivity index (χ1) is 9.68. The molecule has 1 aromatic rings. The van der Waals surface area contributed by atoms with Crippen LogP contribution in [0.3, 0.4) is 0 Å². The molecule has 1 saturated heterocycles. The fourth-order valence-corrected chi connectivity index (χ4v) is 3.12. The zero-order chi connectivity index (χ0) is 15.8. The van der Waals surface area contributed by atoms with Crippen molar-refractivity contribution in [1.29, 1.82) is 0 Å². The van der Waals surface area contributed by atoms with Gasteiger partial charge in [-0.15, -0.1) is 0 Å². The first kappa shape index (κ1) is 16.0. The maximum absolute atomic E-state index is 12.6. The molecule has 1 aromatic carbocycles. The number of nitrogens with zero attached hydrogens (tertiary/aromatic N) is 1. The number of ether oxygens (including phenoxy) is 1. The highest BCUT2D eigenvalue weighted by atomic mass is 79.9. The van der Waals surface area contributed by atoms with Gasteiger partial charge in [0.15, 0.2) is 0 Å². The van der Waals surface area contributed by atoms with Crippen molar-refractivity contribution in [2.24, 2.45) is 0 Å². The van der Waals surface area contributed by atoms with E-state index in [0.717, 1.165) is 0 Å². The average molecular weight is 356 g/mol. The van der Waals surface area contributed by atoms with Crippen LogP contribution in [-0.4, -0.2) is 46.7 Å². The number of hydrogen-bond acceptors (Lipinski definition) is 3. The van der Waals surface area contributed by atoms with Crippen LogP contribution in [0.25, 0.3) is 0 Å². The summed E-state index contributed by atoms with van der Waals surface area (Å²) in [5.41, 5.74) is 0.0505. The summed E-state index contributed by atoms with van der Waals surface area (Å²) in [6, 6.07) is 4.52. The van der Waals surface area contributed by atoms with Crippen LogP contribution in [0, 0.1) is 0 Å². The van der Waals surface area contributed by atoms with Gasteiger partial charge in [0.2, 0.25) is 0 Å². The lowest BCUT2D eigenvalue weighted by Crippen LogP contribution is -2.53. The van der Waals surface area contributed by atoms with E-state index in [1.165, 1.54) is 12.1 Å². The number of rotatable bonds is 2. The van der Waals surface area contributed by atoms with Crippen molar-refractivity contribution in [2.75, 3.05) is 13.1 Å². The molecule has 6 heteroatoms. The number of aromatic carboxylic acids is 1. The van der Waals surface area contributed by atoms with E-state index in [1.54, 1.807) is 11.0 Å². The highest BCUT2D eigenvalue weighted by molar-refractivity contribution is 9.10. The zero-order valence-corrected chi connectivity index (χ0v) is 13.8. The summed E-state index contributed by atoms with van der Waals surface area (Å²) in [7, 11) is 0. The molecule has 114 valence electrons. The minimum absolute atomic E-state index is 0.0520. The summed E-state index contributed by atoms with van der Waals surface area (Å²) in [5.74, 6) is -1.23. The molecule has 1 atom stereocenters. The number of carbonyl (C=O) groups excluding carboxylic acids is 1. The number of carboxylic acids is 1. The summed E-state index contributed by atoms with van der Waals surface area (Å²) in [4.78, 5) is 25.4. The van der Waals surface area contributed by atoms with Gasteiger partial charge < -0.3 is 14.7 Å². The van der Waals surface area contributed by atoms with Gasteiger partial charge in [0, 0.05) is 23.1 Å². The summed E-state index contributed by atoms with van der Waals surface area (Å²) in [5, 5.41) is 9.09. The molecule has 0 radical (unpaired) electrons.